The number of carbonyl (C=O) groups is 1. The van der Waals surface area contributed by atoms with Gasteiger partial charge in [0.1, 0.15) is 5.25 Å². The predicted molar refractivity (Wildman–Crippen MR) is 87.7 cm³/mol. The van der Waals surface area contributed by atoms with Gasteiger partial charge in [0, 0.05) is 12.2 Å². The molecule has 1 atom stereocenters. The summed E-state index contributed by atoms with van der Waals surface area (Å²) in [6, 6.07) is 0. The molecule has 5 heteroatoms. The maximum atomic E-state index is 12.0. The number of rotatable bonds is 8. The van der Waals surface area contributed by atoms with Gasteiger partial charge in [-0.2, -0.15) is 0 Å². The van der Waals surface area contributed by atoms with Gasteiger partial charge in [-0.25, -0.2) is 4.98 Å². The van der Waals surface area contributed by atoms with Gasteiger partial charge in [-0.3, -0.25) is 4.79 Å². The van der Waals surface area contributed by atoms with Gasteiger partial charge in [0.25, 0.3) is 0 Å². The van der Waals surface area contributed by atoms with E-state index in [2.05, 4.69) is 37.2 Å². The molecule has 1 aromatic heterocycles. The van der Waals surface area contributed by atoms with Crippen LogP contribution in [0.25, 0.3) is 0 Å². The summed E-state index contributed by atoms with van der Waals surface area (Å²) in [4.78, 5) is 16.6. The van der Waals surface area contributed by atoms with Crippen LogP contribution in [0.3, 0.4) is 0 Å². The summed E-state index contributed by atoms with van der Waals surface area (Å²) in [5, 5.41) is 0.688. The van der Waals surface area contributed by atoms with Crippen molar-refractivity contribution in [3.8, 4) is 0 Å². The summed E-state index contributed by atoms with van der Waals surface area (Å²) in [6.07, 6.45) is 1.95. The van der Waals surface area contributed by atoms with Crippen molar-refractivity contribution in [3.05, 3.63) is 11.4 Å². The summed E-state index contributed by atoms with van der Waals surface area (Å²) in [5.41, 5.74) is 2.21. The zero-order chi connectivity index (χ0) is 16.0. The van der Waals surface area contributed by atoms with Gasteiger partial charge >= 0.3 is 5.97 Å². The molecule has 4 nitrogen and oxygen atoms in total. The lowest BCUT2D eigenvalue weighted by Gasteiger charge is -2.15. The van der Waals surface area contributed by atoms with E-state index < -0.39 is 0 Å². The zero-order valence-electron chi connectivity index (χ0n) is 14.1. The van der Waals surface area contributed by atoms with Gasteiger partial charge in [0.2, 0.25) is 0 Å². The third-order valence-corrected chi connectivity index (χ3v) is 4.40. The normalized spacial score (nSPS) is 12.7. The Hall–Kier alpha value is -0.970. The molecule has 1 heterocycles. The third-order valence-electron chi connectivity index (χ3n) is 3.33. The highest BCUT2D eigenvalue weighted by Crippen LogP contribution is 2.26. The van der Waals surface area contributed by atoms with E-state index in [1.807, 2.05) is 13.8 Å². The second-order valence-corrected chi connectivity index (χ2v) is 7.16. The van der Waals surface area contributed by atoms with Crippen molar-refractivity contribution in [2.45, 2.75) is 71.3 Å². The number of carbonyl (C=O) groups excluding carboxylic acids is 1. The molecular formula is C16H28N2O2S. The number of nitrogens with zero attached hydrogens (tertiary/aromatic N) is 2. The molecule has 0 aliphatic heterocycles. The van der Waals surface area contributed by atoms with Crippen LogP contribution < -0.4 is 0 Å². The first-order valence-electron chi connectivity index (χ1n) is 7.73. The highest BCUT2D eigenvalue weighted by atomic mass is 32.2. The molecule has 0 aliphatic rings. The molecule has 1 unspecified atom stereocenters. The molecular weight excluding hydrogens is 284 g/mol. The monoisotopic (exact) mass is 312 g/mol. The highest BCUT2D eigenvalue weighted by Gasteiger charge is 2.21. The van der Waals surface area contributed by atoms with Crippen LogP contribution >= 0.6 is 11.8 Å². The molecule has 1 aromatic rings. The van der Waals surface area contributed by atoms with E-state index in [9.17, 15) is 4.79 Å². The van der Waals surface area contributed by atoms with E-state index in [-0.39, 0.29) is 11.2 Å². The number of ether oxygens (including phenoxy) is 1. The van der Waals surface area contributed by atoms with Crippen LogP contribution in [-0.4, -0.2) is 27.4 Å². The third kappa shape index (κ3) is 5.38. The second kappa shape index (κ2) is 8.47. The van der Waals surface area contributed by atoms with Crippen LogP contribution in [0.1, 0.15) is 51.9 Å². The van der Waals surface area contributed by atoms with E-state index in [1.54, 1.807) is 0 Å². The molecule has 0 radical (unpaired) electrons. The number of esters is 1. The number of aryl methyl sites for hydroxylation is 1. The highest BCUT2D eigenvalue weighted by molar-refractivity contribution is 8.00. The summed E-state index contributed by atoms with van der Waals surface area (Å²) in [6.45, 7) is 13.9. The minimum absolute atomic E-state index is 0.150. The molecule has 1 rings (SSSR count). The fraction of sp³-hybridized carbons (Fsp3) is 0.750. The fourth-order valence-electron chi connectivity index (χ4n) is 1.93. The van der Waals surface area contributed by atoms with Gasteiger partial charge in [0.05, 0.1) is 12.3 Å². The van der Waals surface area contributed by atoms with E-state index in [4.69, 9.17) is 4.74 Å². The molecule has 0 aliphatic carbocycles. The quantitative estimate of drug-likeness (QED) is 0.414. The average Bonchev–Trinajstić information content (AvgIpc) is 2.66. The van der Waals surface area contributed by atoms with Crippen molar-refractivity contribution in [1.82, 2.24) is 9.55 Å². The van der Waals surface area contributed by atoms with Crippen molar-refractivity contribution < 1.29 is 9.53 Å². The number of unbranched alkanes of at least 4 members (excludes halogenated alkanes) is 1. The summed E-state index contributed by atoms with van der Waals surface area (Å²) in [5.74, 6) is 0.395. The van der Waals surface area contributed by atoms with E-state index in [0.717, 1.165) is 30.2 Å². The molecule has 0 spiro atoms. The van der Waals surface area contributed by atoms with E-state index in [1.165, 1.54) is 17.5 Å². The smallest absolute Gasteiger partial charge is 0.319 e. The summed E-state index contributed by atoms with van der Waals surface area (Å²) < 4.78 is 7.49. The van der Waals surface area contributed by atoms with Crippen molar-refractivity contribution in [1.29, 1.82) is 0 Å². The van der Waals surface area contributed by atoms with Crippen LogP contribution in [0.15, 0.2) is 5.16 Å². The van der Waals surface area contributed by atoms with Gasteiger partial charge in [-0.15, -0.1) is 0 Å². The Kier molecular flexibility index (Phi) is 7.29. The predicted octanol–water partition coefficient (Wildman–Crippen LogP) is 3.98. The molecule has 0 amide bonds. The van der Waals surface area contributed by atoms with Crippen molar-refractivity contribution in [2.24, 2.45) is 5.92 Å². The fourth-order valence-corrected chi connectivity index (χ4v) is 2.94. The van der Waals surface area contributed by atoms with Crippen molar-refractivity contribution in [2.75, 3.05) is 6.61 Å². The standard InChI is InChI=1S/C16H28N2O2S/c1-7-8-9-20-15(19)14(6)21-16-17-12(4)13(5)18(16)10-11(2)3/h11,14H,7-10H2,1-6H3. The first-order chi connectivity index (χ1) is 9.86. The summed E-state index contributed by atoms with van der Waals surface area (Å²) in [7, 11) is 0. The first kappa shape index (κ1) is 18.1. The Balaban J connectivity index is 2.73. The Labute approximate surface area is 132 Å². The van der Waals surface area contributed by atoms with Crippen LogP contribution in [0.4, 0.5) is 0 Å². The molecule has 0 saturated carbocycles. The minimum Gasteiger partial charge on any atom is -0.465 e. The van der Waals surface area contributed by atoms with Gasteiger partial charge < -0.3 is 9.30 Å². The number of aromatic nitrogens is 2. The molecule has 0 N–H and O–H groups in total. The average molecular weight is 312 g/mol. The lowest BCUT2D eigenvalue weighted by molar-refractivity contribution is -0.142. The Morgan fingerprint density at radius 3 is 2.57 bits per heavy atom. The van der Waals surface area contributed by atoms with Gasteiger partial charge in [-0.05, 0) is 33.1 Å². The number of imidazole rings is 1. The largest absolute Gasteiger partial charge is 0.465 e. The molecule has 120 valence electrons. The summed E-state index contributed by atoms with van der Waals surface area (Å²) >= 11 is 1.49. The maximum absolute atomic E-state index is 12.0. The Bertz CT molecular complexity index is 469. The maximum Gasteiger partial charge on any atom is 0.319 e. The van der Waals surface area contributed by atoms with Crippen LogP contribution in [0, 0.1) is 19.8 Å². The Morgan fingerprint density at radius 1 is 1.33 bits per heavy atom. The molecule has 0 fully saturated rings. The minimum atomic E-state index is -0.228. The van der Waals surface area contributed by atoms with Crippen molar-refractivity contribution >= 4 is 17.7 Å². The lowest BCUT2D eigenvalue weighted by atomic mass is 10.2. The van der Waals surface area contributed by atoms with Gasteiger partial charge in [0.15, 0.2) is 5.16 Å². The topological polar surface area (TPSA) is 44.1 Å². The molecule has 0 saturated heterocycles. The second-order valence-electron chi connectivity index (χ2n) is 5.85. The van der Waals surface area contributed by atoms with Crippen LogP contribution in [0.2, 0.25) is 0 Å². The number of hydrogen-bond donors (Lipinski definition) is 0. The first-order valence-corrected chi connectivity index (χ1v) is 8.61. The van der Waals surface area contributed by atoms with Crippen LogP contribution in [0.5, 0.6) is 0 Å². The van der Waals surface area contributed by atoms with Gasteiger partial charge in [-0.1, -0.05) is 39.0 Å². The molecule has 21 heavy (non-hydrogen) atoms. The van der Waals surface area contributed by atoms with E-state index in [0.29, 0.717) is 12.5 Å². The van der Waals surface area contributed by atoms with Crippen molar-refractivity contribution in [3.63, 3.8) is 0 Å². The number of hydrogen-bond acceptors (Lipinski definition) is 4. The zero-order valence-corrected chi connectivity index (χ0v) is 14.9. The van der Waals surface area contributed by atoms with E-state index >= 15 is 0 Å². The Morgan fingerprint density at radius 2 is 2.00 bits per heavy atom. The lowest BCUT2D eigenvalue weighted by Crippen LogP contribution is -2.18. The molecule has 0 bridgehead atoms. The number of thioether (sulfide) groups is 1. The molecule has 0 aromatic carbocycles. The van der Waals surface area contributed by atoms with Crippen LogP contribution in [-0.2, 0) is 16.1 Å². The SMILES string of the molecule is CCCCOC(=O)C(C)Sc1nc(C)c(C)n1CC(C)C.